The Balaban J connectivity index is 0.984. The minimum absolute atomic E-state index is 0.543. The standard InChI is InChI=1S/C65H46N2/c1-5-20-48(21-6-1)58-31-15-17-34-61(58)66(56-43-39-54(40-44-56)65(51-24-7-2-8-25-51,52-26-9-3-10-27-52)53-28-11-4-12-29-53)55-41-36-47(37-42-55)50-23-19-30-57(46-50)67-62-35-18-16-33-60(62)64-59-32-14-13-22-49(59)38-45-63(64)67/h1-46H. The molecule has 0 saturated carbocycles. The fraction of sp³-hybridized carbons (Fsp3) is 0.0154. The molecule has 0 aliphatic heterocycles. The summed E-state index contributed by atoms with van der Waals surface area (Å²) in [5.41, 5.74) is 15.8. The van der Waals surface area contributed by atoms with Crippen LogP contribution in [0.4, 0.5) is 17.1 Å². The highest BCUT2D eigenvalue weighted by Crippen LogP contribution is 2.47. The maximum Gasteiger partial charge on any atom is 0.0701 e. The fourth-order valence-electron chi connectivity index (χ4n) is 10.5. The van der Waals surface area contributed by atoms with Gasteiger partial charge in [0.2, 0.25) is 0 Å². The maximum absolute atomic E-state index is 2.42. The third-order valence-corrected chi connectivity index (χ3v) is 13.5. The number of hydrogen-bond donors (Lipinski definition) is 0. The molecule has 0 saturated heterocycles. The molecule has 316 valence electrons. The zero-order valence-electron chi connectivity index (χ0n) is 37.0. The van der Waals surface area contributed by atoms with Crippen molar-refractivity contribution in [2.45, 2.75) is 5.41 Å². The van der Waals surface area contributed by atoms with Gasteiger partial charge in [0.1, 0.15) is 0 Å². The van der Waals surface area contributed by atoms with E-state index in [0.29, 0.717) is 0 Å². The normalized spacial score (nSPS) is 11.6. The van der Waals surface area contributed by atoms with Gasteiger partial charge < -0.3 is 9.47 Å². The molecule has 0 spiro atoms. The lowest BCUT2D eigenvalue weighted by Crippen LogP contribution is -2.31. The number of nitrogens with zero attached hydrogens (tertiary/aromatic N) is 2. The number of para-hydroxylation sites is 2. The van der Waals surface area contributed by atoms with Crippen LogP contribution in [0, 0.1) is 0 Å². The molecule has 11 aromatic carbocycles. The van der Waals surface area contributed by atoms with Gasteiger partial charge in [-0.25, -0.2) is 0 Å². The van der Waals surface area contributed by atoms with Crippen LogP contribution in [-0.4, -0.2) is 4.57 Å². The Morgan fingerprint density at radius 3 is 1.48 bits per heavy atom. The Bertz CT molecular complexity index is 3560. The van der Waals surface area contributed by atoms with E-state index in [1.807, 2.05) is 0 Å². The highest BCUT2D eigenvalue weighted by molar-refractivity contribution is 6.21. The maximum atomic E-state index is 2.42. The predicted octanol–water partition coefficient (Wildman–Crippen LogP) is 17.1. The molecule has 0 N–H and O–H groups in total. The number of fused-ring (bicyclic) bond motifs is 5. The van der Waals surface area contributed by atoms with Crippen LogP contribution in [0.1, 0.15) is 22.3 Å². The Morgan fingerprint density at radius 2 is 0.821 bits per heavy atom. The summed E-state index contributed by atoms with van der Waals surface area (Å²) < 4.78 is 2.42. The number of rotatable bonds is 10. The van der Waals surface area contributed by atoms with Crippen molar-refractivity contribution in [3.63, 3.8) is 0 Å². The van der Waals surface area contributed by atoms with Crippen LogP contribution >= 0.6 is 0 Å². The van der Waals surface area contributed by atoms with Crippen LogP contribution in [0.2, 0.25) is 0 Å². The summed E-state index contributed by atoms with van der Waals surface area (Å²) in [6.07, 6.45) is 0. The zero-order chi connectivity index (χ0) is 44.6. The second kappa shape index (κ2) is 17.0. The van der Waals surface area contributed by atoms with Gasteiger partial charge in [0.25, 0.3) is 0 Å². The van der Waals surface area contributed by atoms with E-state index >= 15 is 0 Å². The molecule has 2 nitrogen and oxygen atoms in total. The van der Waals surface area contributed by atoms with Crippen LogP contribution in [0.3, 0.4) is 0 Å². The molecular weight excluding hydrogens is 809 g/mol. The average molecular weight is 855 g/mol. The average Bonchev–Trinajstić information content (AvgIpc) is 3.76. The van der Waals surface area contributed by atoms with E-state index in [2.05, 4.69) is 289 Å². The third kappa shape index (κ3) is 6.90. The van der Waals surface area contributed by atoms with E-state index in [9.17, 15) is 0 Å². The predicted molar refractivity (Wildman–Crippen MR) is 282 cm³/mol. The van der Waals surface area contributed by atoms with Crippen LogP contribution in [0.15, 0.2) is 279 Å². The quantitative estimate of drug-likeness (QED) is 0.124. The van der Waals surface area contributed by atoms with Crippen molar-refractivity contribution in [3.05, 3.63) is 301 Å². The Kier molecular flexibility index (Phi) is 10.1. The van der Waals surface area contributed by atoms with Crippen molar-refractivity contribution in [1.29, 1.82) is 0 Å². The molecule has 12 aromatic rings. The van der Waals surface area contributed by atoms with Crippen molar-refractivity contribution >= 4 is 49.6 Å². The summed E-state index contributed by atoms with van der Waals surface area (Å²) in [5.74, 6) is 0. The lowest BCUT2D eigenvalue weighted by atomic mass is 9.65. The van der Waals surface area contributed by atoms with E-state index < -0.39 is 5.41 Å². The van der Waals surface area contributed by atoms with Crippen molar-refractivity contribution in [2.24, 2.45) is 0 Å². The summed E-state index contributed by atoms with van der Waals surface area (Å²) >= 11 is 0. The van der Waals surface area contributed by atoms with Gasteiger partial charge in [-0.2, -0.15) is 0 Å². The molecule has 0 amide bonds. The molecular formula is C65H46N2. The molecule has 12 rings (SSSR count). The SMILES string of the molecule is c1ccc(-c2ccccc2N(c2ccc(-c3cccc(-n4c5ccccc5c5c6ccccc6ccc54)c3)cc2)c2ccc(C(c3ccccc3)(c3ccccc3)c3ccccc3)cc2)cc1. The second-order valence-electron chi connectivity index (χ2n) is 17.2. The number of benzene rings is 11. The Labute approximate surface area is 391 Å². The first-order valence-electron chi connectivity index (χ1n) is 23.1. The first-order chi connectivity index (χ1) is 33.3. The smallest absolute Gasteiger partial charge is 0.0701 e. The van der Waals surface area contributed by atoms with Gasteiger partial charge >= 0.3 is 0 Å². The molecule has 0 unspecified atom stereocenters. The Hall–Kier alpha value is -8.72. The van der Waals surface area contributed by atoms with Gasteiger partial charge in [-0.15, -0.1) is 0 Å². The molecule has 0 fully saturated rings. The van der Waals surface area contributed by atoms with Crippen LogP contribution in [-0.2, 0) is 5.41 Å². The molecule has 0 aliphatic carbocycles. The van der Waals surface area contributed by atoms with E-state index in [1.165, 1.54) is 60.4 Å². The van der Waals surface area contributed by atoms with E-state index in [4.69, 9.17) is 0 Å². The summed E-state index contributed by atoms with van der Waals surface area (Å²) in [7, 11) is 0. The molecule has 2 heteroatoms. The minimum Gasteiger partial charge on any atom is -0.310 e. The van der Waals surface area contributed by atoms with Crippen molar-refractivity contribution in [2.75, 3.05) is 4.90 Å². The monoisotopic (exact) mass is 854 g/mol. The molecule has 1 aromatic heterocycles. The first kappa shape index (κ1) is 39.8. The number of hydrogen-bond acceptors (Lipinski definition) is 1. The Morgan fingerprint density at radius 1 is 0.313 bits per heavy atom. The van der Waals surface area contributed by atoms with Crippen molar-refractivity contribution in [3.8, 4) is 27.9 Å². The van der Waals surface area contributed by atoms with Crippen LogP contribution in [0.25, 0.3) is 60.5 Å². The molecule has 0 atom stereocenters. The van der Waals surface area contributed by atoms with E-state index in [1.54, 1.807) is 0 Å². The lowest BCUT2D eigenvalue weighted by molar-refractivity contribution is 0.745. The van der Waals surface area contributed by atoms with Gasteiger partial charge in [-0.1, -0.05) is 224 Å². The fourth-order valence-corrected chi connectivity index (χ4v) is 10.5. The molecule has 0 radical (unpaired) electrons. The van der Waals surface area contributed by atoms with Crippen LogP contribution < -0.4 is 4.90 Å². The van der Waals surface area contributed by atoms with Crippen molar-refractivity contribution < 1.29 is 0 Å². The lowest BCUT2D eigenvalue weighted by Gasteiger charge is -2.37. The van der Waals surface area contributed by atoms with Gasteiger partial charge in [-0.05, 0) is 104 Å². The second-order valence-corrected chi connectivity index (χ2v) is 17.2. The van der Waals surface area contributed by atoms with Crippen molar-refractivity contribution in [1.82, 2.24) is 4.57 Å². The zero-order valence-corrected chi connectivity index (χ0v) is 37.0. The van der Waals surface area contributed by atoms with E-state index in [0.717, 1.165) is 39.4 Å². The highest BCUT2D eigenvalue weighted by atomic mass is 15.1. The third-order valence-electron chi connectivity index (χ3n) is 13.5. The van der Waals surface area contributed by atoms with Gasteiger partial charge in [0.15, 0.2) is 0 Å². The molecule has 0 bridgehead atoms. The first-order valence-corrected chi connectivity index (χ1v) is 23.1. The molecule has 1 heterocycles. The van der Waals surface area contributed by atoms with E-state index in [-0.39, 0.29) is 0 Å². The molecule has 0 aliphatic rings. The topological polar surface area (TPSA) is 8.17 Å². The number of anilines is 3. The summed E-state index contributed by atoms with van der Waals surface area (Å²) in [4.78, 5) is 2.41. The molecule has 67 heavy (non-hydrogen) atoms. The highest BCUT2D eigenvalue weighted by Gasteiger charge is 2.38. The van der Waals surface area contributed by atoms with Gasteiger partial charge in [-0.3, -0.25) is 0 Å². The minimum atomic E-state index is -0.543. The van der Waals surface area contributed by atoms with Gasteiger partial charge in [0, 0.05) is 33.4 Å². The summed E-state index contributed by atoms with van der Waals surface area (Å²) in [6.45, 7) is 0. The number of aromatic nitrogens is 1. The summed E-state index contributed by atoms with van der Waals surface area (Å²) in [6, 6.07) is 102. The summed E-state index contributed by atoms with van der Waals surface area (Å²) in [5, 5.41) is 5.08. The van der Waals surface area contributed by atoms with Gasteiger partial charge in [0.05, 0.1) is 22.1 Å². The van der Waals surface area contributed by atoms with Crippen LogP contribution in [0.5, 0.6) is 0 Å². The largest absolute Gasteiger partial charge is 0.310 e.